The molecule has 0 radical (unpaired) electrons. The first kappa shape index (κ1) is 10.4. The first-order valence-electron chi connectivity index (χ1n) is 5.74. The topological polar surface area (TPSA) is 49.5 Å². The lowest BCUT2D eigenvalue weighted by Crippen LogP contribution is -2.40. The van der Waals surface area contributed by atoms with Gasteiger partial charge in [-0.2, -0.15) is 0 Å². The molecule has 3 rings (SSSR count). The zero-order valence-corrected chi connectivity index (χ0v) is 9.48. The van der Waals surface area contributed by atoms with Crippen LogP contribution in [0.25, 0.3) is 11.0 Å². The minimum absolute atomic E-state index is 0.526. The van der Waals surface area contributed by atoms with Gasteiger partial charge in [-0.15, -0.1) is 0 Å². The third-order valence-corrected chi connectivity index (χ3v) is 3.06. The molecular weight excluding hydrogens is 216 g/mol. The van der Waals surface area contributed by atoms with Gasteiger partial charge in [0.15, 0.2) is 0 Å². The molecule has 0 unspecified atom stereocenters. The quantitative estimate of drug-likeness (QED) is 0.603. The van der Waals surface area contributed by atoms with Crippen LogP contribution >= 0.6 is 0 Å². The summed E-state index contributed by atoms with van der Waals surface area (Å²) >= 11 is 0. The summed E-state index contributed by atoms with van der Waals surface area (Å²) in [5.41, 5.74) is 1.70. The van der Waals surface area contributed by atoms with Gasteiger partial charge >= 0.3 is 0 Å². The van der Waals surface area contributed by atoms with E-state index in [4.69, 9.17) is 14.6 Å². The number of amidine groups is 1. The molecule has 2 heterocycles. The van der Waals surface area contributed by atoms with Crippen molar-refractivity contribution in [2.75, 3.05) is 26.3 Å². The Morgan fingerprint density at radius 2 is 1.94 bits per heavy atom. The Labute approximate surface area is 99.3 Å². The third kappa shape index (κ3) is 1.80. The van der Waals surface area contributed by atoms with Crippen LogP contribution < -0.4 is 0 Å². The molecule has 17 heavy (non-hydrogen) atoms. The van der Waals surface area contributed by atoms with E-state index < -0.39 is 0 Å². The molecule has 0 spiro atoms. The molecule has 1 fully saturated rings. The number of para-hydroxylation sites is 1. The second-order valence-electron chi connectivity index (χ2n) is 4.09. The third-order valence-electron chi connectivity index (χ3n) is 3.06. The molecule has 4 nitrogen and oxygen atoms in total. The maximum atomic E-state index is 8.23. The Bertz CT molecular complexity index is 541. The van der Waals surface area contributed by atoms with E-state index in [1.54, 1.807) is 6.26 Å². The number of fused-ring (bicyclic) bond motifs is 1. The first-order valence-corrected chi connectivity index (χ1v) is 5.74. The summed E-state index contributed by atoms with van der Waals surface area (Å²) < 4.78 is 10.8. The molecule has 1 aromatic carbocycles. The van der Waals surface area contributed by atoms with Gasteiger partial charge in [0.1, 0.15) is 17.7 Å². The molecule has 4 heteroatoms. The Morgan fingerprint density at radius 1 is 1.18 bits per heavy atom. The lowest BCUT2D eigenvalue weighted by Gasteiger charge is -2.28. The standard InChI is InChI=1S/C13H14N2O2/c14-13(15-5-7-16-8-6-15)11-9-17-12-4-2-1-3-10(11)12/h1-4,9,14H,5-8H2. The van der Waals surface area contributed by atoms with Crippen LogP contribution in [-0.4, -0.2) is 37.0 Å². The van der Waals surface area contributed by atoms with Crippen molar-refractivity contribution in [2.45, 2.75) is 0 Å². The van der Waals surface area contributed by atoms with E-state index in [-0.39, 0.29) is 0 Å². The second kappa shape index (κ2) is 4.22. The van der Waals surface area contributed by atoms with Gasteiger partial charge in [0.05, 0.1) is 18.8 Å². The second-order valence-corrected chi connectivity index (χ2v) is 4.09. The van der Waals surface area contributed by atoms with Gasteiger partial charge in [-0.05, 0) is 6.07 Å². The number of nitrogens with zero attached hydrogens (tertiary/aromatic N) is 1. The molecule has 1 aliphatic heterocycles. The summed E-state index contributed by atoms with van der Waals surface area (Å²) in [6.45, 7) is 2.94. The van der Waals surface area contributed by atoms with Gasteiger partial charge in [-0.3, -0.25) is 5.41 Å². The van der Waals surface area contributed by atoms with Crippen LogP contribution in [0.5, 0.6) is 0 Å². The Hall–Kier alpha value is -1.81. The van der Waals surface area contributed by atoms with Gasteiger partial charge in [0, 0.05) is 18.5 Å². The summed E-state index contributed by atoms with van der Waals surface area (Å²) in [7, 11) is 0. The molecule has 1 saturated heterocycles. The van der Waals surface area contributed by atoms with Crippen molar-refractivity contribution in [1.82, 2.24) is 4.90 Å². The number of ether oxygens (including phenoxy) is 1. The lowest BCUT2D eigenvalue weighted by atomic mass is 10.1. The predicted octanol–water partition coefficient (Wildman–Crippen LogP) is 2.09. The van der Waals surface area contributed by atoms with Crippen LogP contribution in [0, 0.1) is 5.41 Å². The van der Waals surface area contributed by atoms with Gasteiger partial charge in [-0.25, -0.2) is 0 Å². The molecule has 0 bridgehead atoms. The highest BCUT2D eigenvalue weighted by Gasteiger charge is 2.18. The number of hydrogen-bond acceptors (Lipinski definition) is 3. The van der Waals surface area contributed by atoms with Crippen molar-refractivity contribution in [2.24, 2.45) is 0 Å². The maximum absolute atomic E-state index is 8.23. The maximum Gasteiger partial charge on any atom is 0.134 e. The number of nitrogens with one attached hydrogen (secondary N) is 1. The van der Waals surface area contributed by atoms with E-state index in [1.165, 1.54) is 0 Å². The fraction of sp³-hybridized carbons (Fsp3) is 0.308. The average Bonchev–Trinajstić information content (AvgIpc) is 2.83. The van der Waals surface area contributed by atoms with Gasteiger partial charge < -0.3 is 14.1 Å². The zero-order valence-electron chi connectivity index (χ0n) is 9.48. The van der Waals surface area contributed by atoms with Crippen molar-refractivity contribution >= 4 is 16.8 Å². The number of benzene rings is 1. The van der Waals surface area contributed by atoms with E-state index in [9.17, 15) is 0 Å². The Morgan fingerprint density at radius 3 is 2.76 bits per heavy atom. The number of hydrogen-bond donors (Lipinski definition) is 1. The summed E-state index contributed by atoms with van der Waals surface area (Å²) in [4.78, 5) is 2.03. The van der Waals surface area contributed by atoms with E-state index in [2.05, 4.69) is 0 Å². The molecule has 88 valence electrons. The van der Waals surface area contributed by atoms with Crippen LogP contribution in [0.2, 0.25) is 0 Å². The zero-order chi connectivity index (χ0) is 11.7. The predicted molar refractivity (Wildman–Crippen MR) is 65.4 cm³/mol. The smallest absolute Gasteiger partial charge is 0.134 e. The summed E-state index contributed by atoms with van der Waals surface area (Å²) in [5, 5.41) is 9.24. The molecule has 0 aliphatic carbocycles. The van der Waals surface area contributed by atoms with Crippen molar-refractivity contribution in [3.8, 4) is 0 Å². The molecule has 1 aromatic heterocycles. The lowest BCUT2D eigenvalue weighted by molar-refractivity contribution is 0.0680. The SMILES string of the molecule is N=C(c1coc2ccccc12)N1CCOCC1. The van der Waals surface area contributed by atoms with E-state index in [1.807, 2.05) is 29.2 Å². The van der Waals surface area contributed by atoms with Crippen LogP contribution in [0.15, 0.2) is 34.9 Å². The molecule has 2 aromatic rings. The molecule has 0 amide bonds. The van der Waals surface area contributed by atoms with Gasteiger partial charge in [0.2, 0.25) is 0 Å². The first-order chi connectivity index (χ1) is 8.36. The van der Waals surface area contributed by atoms with Gasteiger partial charge in [-0.1, -0.05) is 18.2 Å². The van der Waals surface area contributed by atoms with Crippen LogP contribution in [-0.2, 0) is 4.74 Å². The highest BCUT2D eigenvalue weighted by atomic mass is 16.5. The minimum Gasteiger partial charge on any atom is -0.464 e. The summed E-state index contributed by atoms with van der Waals surface area (Å²) in [6, 6.07) is 7.82. The van der Waals surface area contributed by atoms with Crippen LogP contribution in [0.1, 0.15) is 5.56 Å². The Balaban J connectivity index is 1.95. The summed E-state index contributed by atoms with van der Waals surface area (Å²) in [5.74, 6) is 0.526. The Kier molecular flexibility index (Phi) is 2.57. The largest absolute Gasteiger partial charge is 0.464 e. The van der Waals surface area contributed by atoms with E-state index >= 15 is 0 Å². The van der Waals surface area contributed by atoms with E-state index in [0.29, 0.717) is 19.0 Å². The molecule has 0 atom stereocenters. The normalized spacial score (nSPS) is 16.4. The molecule has 0 saturated carbocycles. The number of furan rings is 1. The van der Waals surface area contributed by atoms with Gasteiger partial charge in [0.25, 0.3) is 0 Å². The van der Waals surface area contributed by atoms with Crippen LogP contribution in [0.4, 0.5) is 0 Å². The van der Waals surface area contributed by atoms with Crippen molar-refractivity contribution in [3.05, 3.63) is 36.1 Å². The minimum atomic E-state index is 0.526. The van der Waals surface area contributed by atoms with Crippen molar-refractivity contribution in [1.29, 1.82) is 5.41 Å². The number of morpholine rings is 1. The summed E-state index contributed by atoms with van der Waals surface area (Å²) in [6.07, 6.45) is 1.67. The molecule has 1 aliphatic rings. The molecule has 1 N–H and O–H groups in total. The highest BCUT2D eigenvalue weighted by Crippen LogP contribution is 2.22. The van der Waals surface area contributed by atoms with Crippen LogP contribution in [0.3, 0.4) is 0 Å². The van der Waals surface area contributed by atoms with Crippen molar-refractivity contribution < 1.29 is 9.15 Å². The highest BCUT2D eigenvalue weighted by molar-refractivity contribution is 6.07. The average molecular weight is 230 g/mol. The fourth-order valence-electron chi connectivity index (χ4n) is 2.12. The van der Waals surface area contributed by atoms with Crippen molar-refractivity contribution in [3.63, 3.8) is 0 Å². The fourth-order valence-corrected chi connectivity index (χ4v) is 2.12. The number of rotatable bonds is 1. The van der Waals surface area contributed by atoms with E-state index in [0.717, 1.165) is 29.6 Å². The molecular formula is C13H14N2O2. The monoisotopic (exact) mass is 230 g/mol.